The van der Waals surface area contributed by atoms with Crippen LogP contribution in [0.4, 0.5) is 13.2 Å². The van der Waals surface area contributed by atoms with E-state index in [1.54, 1.807) is 31.3 Å². The number of nitrogens with zero attached hydrogens (tertiary/aromatic N) is 3. The van der Waals surface area contributed by atoms with E-state index >= 15 is 0 Å². The zero-order valence-electron chi connectivity index (χ0n) is 18.2. The van der Waals surface area contributed by atoms with Gasteiger partial charge in [0.2, 0.25) is 0 Å². The van der Waals surface area contributed by atoms with Gasteiger partial charge in [-0.25, -0.2) is 4.98 Å². The lowest BCUT2D eigenvalue weighted by Crippen LogP contribution is -2.27. The molecule has 0 unspecified atom stereocenters. The molecule has 5 rings (SSSR count). The highest BCUT2D eigenvalue weighted by Crippen LogP contribution is 2.30. The topological polar surface area (TPSA) is 90.0 Å². The van der Waals surface area contributed by atoms with Crippen molar-refractivity contribution >= 4 is 27.7 Å². The molecule has 1 amide bonds. The number of hydrogen-bond acceptors (Lipinski definition) is 5. The van der Waals surface area contributed by atoms with Crippen LogP contribution in [0.3, 0.4) is 0 Å². The third kappa shape index (κ3) is 4.03. The molecule has 7 nitrogen and oxygen atoms in total. The first-order chi connectivity index (χ1) is 16.7. The van der Waals surface area contributed by atoms with Crippen molar-refractivity contribution in [1.82, 2.24) is 19.9 Å². The third-order valence-electron chi connectivity index (χ3n) is 5.66. The molecule has 0 aliphatic rings. The number of hydrogen-bond donors (Lipinski definition) is 1. The van der Waals surface area contributed by atoms with Crippen molar-refractivity contribution in [2.75, 3.05) is 0 Å². The molecule has 1 aromatic carbocycles. The number of pyridine rings is 3. The molecule has 0 fully saturated rings. The molecule has 0 radical (unpaired) electrons. The highest BCUT2D eigenvalue weighted by molar-refractivity contribution is 6.07. The number of alkyl halides is 3. The van der Waals surface area contributed by atoms with Gasteiger partial charge in [0.15, 0.2) is 0 Å². The summed E-state index contributed by atoms with van der Waals surface area (Å²) in [6.07, 6.45) is 1.07. The molecule has 176 valence electrons. The van der Waals surface area contributed by atoms with Crippen molar-refractivity contribution in [1.29, 1.82) is 0 Å². The van der Waals surface area contributed by atoms with E-state index in [0.29, 0.717) is 16.5 Å². The Morgan fingerprint density at radius 3 is 2.46 bits per heavy atom. The van der Waals surface area contributed by atoms with Gasteiger partial charge in [-0.1, -0.05) is 6.07 Å². The number of amides is 1. The summed E-state index contributed by atoms with van der Waals surface area (Å²) in [5, 5.41) is 3.94. The van der Waals surface area contributed by atoms with Gasteiger partial charge in [-0.3, -0.25) is 19.1 Å². The van der Waals surface area contributed by atoms with Crippen LogP contribution < -0.4 is 10.9 Å². The van der Waals surface area contributed by atoms with Crippen LogP contribution in [-0.4, -0.2) is 20.4 Å². The zero-order valence-corrected chi connectivity index (χ0v) is 18.2. The number of fused-ring (bicyclic) bond motifs is 3. The fourth-order valence-electron chi connectivity index (χ4n) is 3.87. The van der Waals surface area contributed by atoms with Crippen LogP contribution >= 0.6 is 0 Å². The summed E-state index contributed by atoms with van der Waals surface area (Å²) in [5.41, 5.74) is -0.0441. The lowest BCUT2D eigenvalue weighted by atomic mass is 10.1. The normalized spacial score (nSPS) is 12.7. The molecule has 1 atom stereocenters. The number of furan rings is 1. The van der Waals surface area contributed by atoms with E-state index in [1.165, 1.54) is 35.4 Å². The Bertz CT molecular complexity index is 1610. The van der Waals surface area contributed by atoms with Crippen molar-refractivity contribution in [3.63, 3.8) is 0 Å². The minimum Gasteiger partial charge on any atom is -0.471 e. The lowest BCUT2D eigenvalue weighted by Gasteiger charge is -2.15. The van der Waals surface area contributed by atoms with Crippen LogP contribution in [0.15, 0.2) is 82.7 Å². The van der Waals surface area contributed by atoms with Gasteiger partial charge < -0.3 is 9.73 Å². The first kappa shape index (κ1) is 22.3. The van der Waals surface area contributed by atoms with Crippen molar-refractivity contribution in [2.45, 2.75) is 19.1 Å². The fourth-order valence-corrected chi connectivity index (χ4v) is 3.87. The second-order valence-corrected chi connectivity index (χ2v) is 7.93. The molecule has 5 aromatic rings. The minimum atomic E-state index is -4.51. The number of carbonyl (C=O) groups is 1. The smallest absolute Gasteiger partial charge is 0.416 e. The van der Waals surface area contributed by atoms with E-state index in [-0.39, 0.29) is 28.3 Å². The molecule has 0 bridgehead atoms. The predicted molar refractivity (Wildman–Crippen MR) is 122 cm³/mol. The maximum Gasteiger partial charge on any atom is 0.416 e. The lowest BCUT2D eigenvalue weighted by molar-refractivity contribution is -0.137. The SMILES string of the molecule is C[C@H](NC(=O)c1cnc2c(c1)c1cocc1c(=O)n2-c1ccc(C(F)(F)F)cc1)c1ccccn1. The first-order valence-corrected chi connectivity index (χ1v) is 10.5. The first-order valence-electron chi connectivity index (χ1n) is 10.5. The van der Waals surface area contributed by atoms with Gasteiger partial charge in [0.05, 0.1) is 40.2 Å². The average molecular weight is 478 g/mol. The summed E-state index contributed by atoms with van der Waals surface area (Å²) in [6.45, 7) is 1.80. The van der Waals surface area contributed by atoms with Crippen LogP contribution in [0.5, 0.6) is 0 Å². The molecular weight excluding hydrogens is 461 g/mol. The van der Waals surface area contributed by atoms with Gasteiger partial charge in [-0.05, 0) is 49.4 Å². The van der Waals surface area contributed by atoms with E-state index in [4.69, 9.17) is 4.42 Å². The maximum atomic E-state index is 13.2. The summed E-state index contributed by atoms with van der Waals surface area (Å²) >= 11 is 0. The molecule has 0 aliphatic carbocycles. The van der Waals surface area contributed by atoms with Crippen LogP contribution in [-0.2, 0) is 6.18 Å². The molecule has 1 N–H and O–H groups in total. The monoisotopic (exact) mass is 478 g/mol. The highest BCUT2D eigenvalue weighted by atomic mass is 19.4. The molecule has 0 aliphatic heterocycles. The summed E-state index contributed by atoms with van der Waals surface area (Å²) in [4.78, 5) is 34.7. The van der Waals surface area contributed by atoms with Crippen molar-refractivity contribution < 1.29 is 22.4 Å². The second kappa shape index (κ2) is 8.39. The molecular formula is C25H17F3N4O3. The van der Waals surface area contributed by atoms with E-state index in [2.05, 4.69) is 15.3 Å². The number of carbonyl (C=O) groups excluding carboxylic acids is 1. The average Bonchev–Trinajstić information content (AvgIpc) is 3.35. The van der Waals surface area contributed by atoms with Crippen LogP contribution in [0.25, 0.3) is 27.5 Å². The number of halogens is 3. The van der Waals surface area contributed by atoms with E-state index in [9.17, 15) is 22.8 Å². The molecule has 0 saturated carbocycles. The van der Waals surface area contributed by atoms with Gasteiger partial charge in [-0.15, -0.1) is 0 Å². The van der Waals surface area contributed by atoms with E-state index < -0.39 is 23.2 Å². The van der Waals surface area contributed by atoms with Gasteiger partial charge >= 0.3 is 6.18 Å². The Kier molecular flexibility index (Phi) is 5.35. The zero-order chi connectivity index (χ0) is 24.7. The summed E-state index contributed by atoms with van der Waals surface area (Å²) in [6, 6.07) is 10.8. The van der Waals surface area contributed by atoms with Gasteiger partial charge in [0.25, 0.3) is 11.5 Å². The summed E-state index contributed by atoms with van der Waals surface area (Å²) in [5.74, 6) is -0.401. The molecule has 10 heteroatoms. The predicted octanol–water partition coefficient (Wildman–Crippen LogP) is 5.04. The summed E-state index contributed by atoms with van der Waals surface area (Å²) < 4.78 is 45.4. The van der Waals surface area contributed by atoms with Gasteiger partial charge in [0, 0.05) is 23.2 Å². The van der Waals surface area contributed by atoms with Gasteiger partial charge in [0.1, 0.15) is 11.9 Å². The number of benzene rings is 1. The maximum absolute atomic E-state index is 13.2. The van der Waals surface area contributed by atoms with E-state index in [1.807, 2.05) is 6.07 Å². The fraction of sp³-hybridized carbons (Fsp3) is 0.120. The Morgan fingerprint density at radius 2 is 1.77 bits per heavy atom. The molecule has 4 heterocycles. The number of nitrogens with one attached hydrogen (secondary N) is 1. The van der Waals surface area contributed by atoms with Gasteiger partial charge in [-0.2, -0.15) is 13.2 Å². The largest absolute Gasteiger partial charge is 0.471 e. The quantitative estimate of drug-likeness (QED) is 0.391. The minimum absolute atomic E-state index is 0.179. The Balaban J connectivity index is 1.60. The second-order valence-electron chi connectivity index (χ2n) is 7.93. The van der Waals surface area contributed by atoms with Crippen molar-refractivity contribution in [3.8, 4) is 5.69 Å². The Labute approximate surface area is 195 Å². The van der Waals surface area contributed by atoms with Crippen LogP contribution in [0, 0.1) is 0 Å². The molecule has 0 spiro atoms. The number of rotatable bonds is 4. The van der Waals surface area contributed by atoms with Crippen molar-refractivity contribution in [2.24, 2.45) is 0 Å². The standard InChI is InChI=1S/C25H17F3N4O3/c1-14(21-4-2-3-9-29-21)31-23(33)15-10-18-19-12-35-13-20(19)24(34)32(22(18)30-11-15)17-7-5-16(6-8-17)25(26,27)28/h2-14H,1H3,(H,31,33)/t14-/m0/s1. The van der Waals surface area contributed by atoms with Crippen LogP contribution in [0.2, 0.25) is 0 Å². The Hall–Kier alpha value is -4.47. The molecule has 0 saturated heterocycles. The molecule has 4 aromatic heterocycles. The molecule has 35 heavy (non-hydrogen) atoms. The Morgan fingerprint density at radius 1 is 1.03 bits per heavy atom. The third-order valence-corrected chi connectivity index (χ3v) is 5.66. The van der Waals surface area contributed by atoms with Crippen molar-refractivity contribution in [3.05, 3.63) is 101 Å². The van der Waals surface area contributed by atoms with E-state index in [0.717, 1.165) is 12.1 Å². The summed E-state index contributed by atoms with van der Waals surface area (Å²) in [7, 11) is 0. The number of aromatic nitrogens is 3. The van der Waals surface area contributed by atoms with Crippen LogP contribution in [0.1, 0.15) is 34.6 Å². The highest BCUT2D eigenvalue weighted by Gasteiger charge is 2.30.